The molecule has 0 radical (unpaired) electrons. The number of imidazole rings is 4. The molecule has 4 aromatic heterocycles. The van der Waals surface area contributed by atoms with E-state index in [1.54, 1.807) is 0 Å². The number of aryl methyl sites for hydroxylation is 4. The normalized spacial score (nSPS) is 14.0. The van der Waals surface area contributed by atoms with Crippen molar-refractivity contribution in [1.82, 2.24) is 28.1 Å². The number of hydrogen-bond acceptors (Lipinski definition) is 5. The summed E-state index contributed by atoms with van der Waals surface area (Å²) in [4.78, 5) is 8.13. The van der Waals surface area contributed by atoms with Crippen LogP contribution in [0.4, 0.5) is 11.4 Å². The summed E-state index contributed by atoms with van der Waals surface area (Å²) in [5, 5.41) is 0. The summed E-state index contributed by atoms with van der Waals surface area (Å²) >= 11 is 0. The summed E-state index contributed by atoms with van der Waals surface area (Å²) in [5.41, 5.74) is 5.17. The van der Waals surface area contributed by atoms with Crippen LogP contribution >= 0.6 is 0 Å². The Labute approximate surface area is 306 Å². The standard InChI is InChI=1S/C36H38N12O.Pt/c1-37-7-13-43(23-37)29-19-33(47-17-11-41(5)27-47)35(21-31(29)45-15-9-39(3)25-45)49-36-22-32(46-16-10-40(4)26-46)30(44-14-8-38(2)24-44)20-34(36)48-18-12-42(6)28-48;/h7-20,23-28H,1-6H3;/q;+4. The quantitative estimate of drug-likeness (QED) is 0.174. The van der Waals surface area contributed by atoms with Gasteiger partial charge in [-0.2, -0.15) is 13.3 Å². The van der Waals surface area contributed by atoms with Crippen LogP contribution in [0.3, 0.4) is 0 Å². The van der Waals surface area contributed by atoms with Gasteiger partial charge in [0.2, 0.25) is 25.3 Å². The predicted molar refractivity (Wildman–Crippen MR) is 180 cm³/mol. The molecule has 0 saturated heterocycles. The number of aromatic nitrogens is 8. The average molecular weight is 850 g/mol. The fourth-order valence-corrected chi connectivity index (χ4v) is 5.96. The van der Waals surface area contributed by atoms with E-state index in [1.165, 1.54) is 0 Å². The zero-order valence-electron chi connectivity index (χ0n) is 28.6. The Morgan fingerprint density at radius 3 is 1.14 bits per heavy atom. The molecule has 0 bridgehead atoms. The maximum atomic E-state index is 7.06. The average Bonchev–Trinajstić information content (AvgIpc) is 3.93. The largest absolute Gasteiger partial charge is 4.00 e. The molecule has 0 fully saturated rings. The maximum absolute atomic E-state index is 7.06. The van der Waals surface area contributed by atoms with E-state index in [4.69, 9.17) is 4.74 Å². The monoisotopic (exact) mass is 849 g/mol. The van der Waals surface area contributed by atoms with Gasteiger partial charge in [-0.05, 0) is 38.9 Å². The molecule has 2 aromatic carbocycles. The first-order valence-corrected chi connectivity index (χ1v) is 15.8. The molecule has 14 heteroatoms. The molecule has 6 heterocycles. The topological polar surface area (TPSA) is 57.4 Å². The first-order chi connectivity index (χ1) is 23.7. The summed E-state index contributed by atoms with van der Waals surface area (Å²) in [6.07, 6.45) is 32.3. The fraction of sp³-hybridized carbons (Fsp3) is 0.167. The summed E-state index contributed by atoms with van der Waals surface area (Å²) in [5.74, 6) is 1.09. The van der Waals surface area contributed by atoms with Gasteiger partial charge in [-0.25, -0.2) is 18.3 Å². The van der Waals surface area contributed by atoms with Crippen molar-refractivity contribution >= 4 is 11.4 Å². The molecule has 0 N–H and O–H groups in total. The minimum Gasteiger partial charge on any atom is -0.510 e. The van der Waals surface area contributed by atoms with Gasteiger partial charge >= 0.3 is 21.1 Å². The van der Waals surface area contributed by atoms with Gasteiger partial charge in [0.15, 0.2) is 0 Å². The Balaban J connectivity index is 0.00000392. The van der Waals surface area contributed by atoms with E-state index >= 15 is 0 Å². The predicted octanol–water partition coefficient (Wildman–Crippen LogP) is 2.22. The molecule has 0 saturated carbocycles. The summed E-state index contributed by atoms with van der Waals surface area (Å²) in [6, 6.07) is 11.6. The van der Waals surface area contributed by atoms with Crippen molar-refractivity contribution in [3.8, 4) is 34.2 Å². The first kappa shape index (κ1) is 33.0. The number of benzene rings is 2. The molecular formula is C36H38N12OPt+4. The number of rotatable bonds is 8. The van der Waals surface area contributed by atoms with Crippen molar-refractivity contribution in [2.75, 3.05) is 23.9 Å². The second-order valence-electron chi connectivity index (χ2n) is 12.5. The molecule has 6 aromatic rings. The van der Waals surface area contributed by atoms with E-state index in [-0.39, 0.29) is 21.1 Å². The van der Waals surface area contributed by atoms with Crippen LogP contribution in [-0.2, 0) is 49.3 Å². The maximum Gasteiger partial charge on any atom is 4.00 e. The molecule has 8 rings (SSSR count). The molecule has 0 spiro atoms. The van der Waals surface area contributed by atoms with Crippen LogP contribution in [0.5, 0.6) is 11.5 Å². The van der Waals surface area contributed by atoms with Crippen LogP contribution in [0.25, 0.3) is 22.7 Å². The van der Waals surface area contributed by atoms with E-state index < -0.39 is 0 Å². The minimum absolute atomic E-state index is 0. The molecule has 2 aliphatic heterocycles. The number of anilines is 2. The van der Waals surface area contributed by atoms with Crippen LogP contribution in [0.1, 0.15) is 0 Å². The molecule has 2 aliphatic rings. The zero-order chi connectivity index (χ0) is 33.8. The summed E-state index contributed by atoms with van der Waals surface area (Å²) < 4.78 is 23.4. The van der Waals surface area contributed by atoms with Gasteiger partial charge in [0.05, 0.1) is 51.1 Å². The Morgan fingerprint density at radius 1 is 0.520 bits per heavy atom. The summed E-state index contributed by atoms with van der Waals surface area (Å²) in [6.45, 7) is 4.04. The number of nitrogens with zero attached hydrogens (tertiary/aromatic N) is 12. The third-order valence-corrected chi connectivity index (χ3v) is 8.41. The van der Waals surface area contributed by atoms with Crippen LogP contribution in [0.15, 0.2) is 112 Å². The van der Waals surface area contributed by atoms with Crippen LogP contribution in [0.2, 0.25) is 0 Å². The zero-order valence-corrected chi connectivity index (χ0v) is 30.9. The Morgan fingerprint density at radius 2 is 0.860 bits per heavy atom. The fourth-order valence-electron chi connectivity index (χ4n) is 5.96. The smallest absolute Gasteiger partial charge is 0.510 e. The Kier molecular flexibility index (Phi) is 8.61. The SMILES string of the molecule is CN1C=CN(c2[c-]c(Oc3[c-]c(N4C=CN(C)[CH-]4)c(-n4cc[n+](C)c4)cc3-n3cc[n+](C)c3)c(-n3cc[n+](C)c3)cc2-n2cc[n+](C)c2)[CH-]1.[Pt+4]. The van der Waals surface area contributed by atoms with Crippen molar-refractivity contribution in [2.24, 2.45) is 28.2 Å². The molecule has 0 aliphatic carbocycles. The first-order valence-electron chi connectivity index (χ1n) is 15.8. The summed E-state index contributed by atoms with van der Waals surface area (Å²) in [7, 11) is 12.0. The van der Waals surface area contributed by atoms with Gasteiger partial charge in [-0.15, -0.1) is 12.1 Å². The van der Waals surface area contributed by atoms with Gasteiger partial charge in [0.25, 0.3) is 0 Å². The molecule has 0 unspecified atom stereocenters. The van der Waals surface area contributed by atoms with Crippen molar-refractivity contribution in [2.45, 2.75) is 0 Å². The molecule has 50 heavy (non-hydrogen) atoms. The van der Waals surface area contributed by atoms with Crippen LogP contribution in [-0.4, -0.2) is 42.2 Å². The van der Waals surface area contributed by atoms with E-state index in [1.807, 2.05) is 183 Å². The van der Waals surface area contributed by atoms with Crippen LogP contribution < -0.4 is 32.8 Å². The van der Waals surface area contributed by atoms with Gasteiger partial charge in [-0.3, -0.25) is 18.3 Å². The molecule has 254 valence electrons. The van der Waals surface area contributed by atoms with Gasteiger partial charge in [0, 0.05) is 11.4 Å². The third kappa shape index (κ3) is 6.20. The van der Waals surface area contributed by atoms with Gasteiger partial charge in [0.1, 0.15) is 49.6 Å². The van der Waals surface area contributed by atoms with E-state index in [2.05, 4.69) is 52.3 Å². The minimum atomic E-state index is 0. The van der Waals surface area contributed by atoms with Gasteiger partial charge < -0.3 is 24.3 Å². The van der Waals surface area contributed by atoms with E-state index in [0.717, 1.165) is 34.1 Å². The molecule has 0 atom stereocenters. The van der Waals surface area contributed by atoms with E-state index in [0.29, 0.717) is 11.5 Å². The second kappa shape index (κ2) is 13.1. The van der Waals surface area contributed by atoms with Crippen molar-refractivity contribution < 1.29 is 44.1 Å². The number of hydrogen-bond donors (Lipinski definition) is 0. The Hall–Kier alpha value is -5.55. The Bertz CT molecular complexity index is 2080. The third-order valence-electron chi connectivity index (χ3n) is 8.41. The second-order valence-corrected chi connectivity index (χ2v) is 12.5. The van der Waals surface area contributed by atoms with E-state index in [9.17, 15) is 0 Å². The van der Waals surface area contributed by atoms with Crippen LogP contribution in [0, 0.1) is 25.5 Å². The molecule has 13 nitrogen and oxygen atoms in total. The van der Waals surface area contributed by atoms with Crippen molar-refractivity contribution in [3.05, 3.63) is 137 Å². The number of ether oxygens (including phenoxy) is 1. The van der Waals surface area contributed by atoms with Crippen molar-refractivity contribution in [3.63, 3.8) is 0 Å². The van der Waals surface area contributed by atoms with Crippen molar-refractivity contribution in [1.29, 1.82) is 0 Å². The molecule has 0 amide bonds. The van der Waals surface area contributed by atoms with Gasteiger partial charge in [-0.1, -0.05) is 23.5 Å². The molecular weight excluding hydrogens is 812 g/mol.